The van der Waals surface area contributed by atoms with E-state index in [2.05, 4.69) is 0 Å². The van der Waals surface area contributed by atoms with Crippen molar-refractivity contribution in [2.45, 2.75) is 23.6 Å². The van der Waals surface area contributed by atoms with Crippen LogP contribution in [0, 0.1) is 6.92 Å². The van der Waals surface area contributed by atoms with Crippen molar-refractivity contribution in [2.75, 3.05) is 5.73 Å². The molecular formula is C15H15NOS. The summed E-state index contributed by atoms with van der Waals surface area (Å²) in [6.07, 6.45) is 0. The van der Waals surface area contributed by atoms with E-state index in [1.165, 1.54) is 0 Å². The third kappa shape index (κ3) is 2.74. The van der Waals surface area contributed by atoms with E-state index in [-0.39, 0.29) is 5.78 Å². The maximum Gasteiger partial charge on any atom is 0.160 e. The third-order valence-corrected chi connectivity index (χ3v) is 3.93. The molecule has 0 aliphatic heterocycles. The maximum absolute atomic E-state index is 11.6. The Morgan fingerprint density at radius 2 is 1.83 bits per heavy atom. The summed E-state index contributed by atoms with van der Waals surface area (Å²) in [7, 11) is 0. The average molecular weight is 257 g/mol. The molecule has 2 N–H and O–H groups in total. The lowest BCUT2D eigenvalue weighted by Crippen LogP contribution is -1.95. The number of hydrogen-bond acceptors (Lipinski definition) is 3. The van der Waals surface area contributed by atoms with Crippen molar-refractivity contribution >= 4 is 23.2 Å². The number of ketones is 1. The molecule has 18 heavy (non-hydrogen) atoms. The lowest BCUT2D eigenvalue weighted by molar-refractivity contribution is 0.101. The Balaban J connectivity index is 2.40. The summed E-state index contributed by atoms with van der Waals surface area (Å²) in [6, 6.07) is 13.5. The number of nitrogen functional groups attached to an aromatic ring is 1. The van der Waals surface area contributed by atoms with Crippen molar-refractivity contribution in [1.29, 1.82) is 0 Å². The van der Waals surface area contributed by atoms with Crippen molar-refractivity contribution in [2.24, 2.45) is 0 Å². The number of anilines is 1. The van der Waals surface area contributed by atoms with Crippen LogP contribution < -0.4 is 5.73 Å². The molecule has 0 unspecified atom stereocenters. The number of benzene rings is 2. The maximum atomic E-state index is 11.6. The number of aryl methyl sites for hydroxylation is 1. The van der Waals surface area contributed by atoms with Gasteiger partial charge in [0.15, 0.2) is 5.78 Å². The minimum Gasteiger partial charge on any atom is -0.399 e. The molecule has 0 aliphatic rings. The number of nitrogens with two attached hydrogens (primary N) is 1. The topological polar surface area (TPSA) is 43.1 Å². The van der Waals surface area contributed by atoms with Crippen molar-refractivity contribution in [3.63, 3.8) is 0 Å². The standard InChI is InChI=1S/C15H15NOS/c1-10-7-8-12(16)9-15(10)18-14-6-4-3-5-13(14)11(2)17/h3-9H,16H2,1-2H3. The zero-order valence-corrected chi connectivity index (χ0v) is 11.3. The molecular weight excluding hydrogens is 242 g/mol. The van der Waals surface area contributed by atoms with E-state index in [9.17, 15) is 4.79 Å². The van der Waals surface area contributed by atoms with Crippen LogP contribution in [0.3, 0.4) is 0 Å². The molecule has 0 saturated carbocycles. The fourth-order valence-corrected chi connectivity index (χ4v) is 2.82. The molecule has 2 aromatic carbocycles. The van der Waals surface area contributed by atoms with Gasteiger partial charge in [-0.05, 0) is 37.6 Å². The highest BCUT2D eigenvalue weighted by Gasteiger charge is 2.09. The quantitative estimate of drug-likeness (QED) is 0.669. The van der Waals surface area contributed by atoms with Gasteiger partial charge in [0.05, 0.1) is 0 Å². The Labute approximate surface area is 111 Å². The summed E-state index contributed by atoms with van der Waals surface area (Å²) in [5, 5.41) is 0. The Kier molecular flexibility index (Phi) is 3.72. The van der Waals surface area contributed by atoms with Gasteiger partial charge in [-0.2, -0.15) is 0 Å². The summed E-state index contributed by atoms with van der Waals surface area (Å²) in [6.45, 7) is 3.63. The summed E-state index contributed by atoms with van der Waals surface area (Å²) in [5.41, 5.74) is 8.45. The Morgan fingerprint density at radius 3 is 2.56 bits per heavy atom. The lowest BCUT2D eigenvalue weighted by Gasteiger charge is -2.09. The van der Waals surface area contributed by atoms with Gasteiger partial charge in [-0.1, -0.05) is 36.0 Å². The fourth-order valence-electron chi connectivity index (χ4n) is 1.69. The molecule has 0 radical (unpaired) electrons. The monoisotopic (exact) mass is 257 g/mol. The summed E-state index contributed by atoms with van der Waals surface area (Å²) < 4.78 is 0. The summed E-state index contributed by atoms with van der Waals surface area (Å²) >= 11 is 1.58. The van der Waals surface area contributed by atoms with Crippen LogP contribution >= 0.6 is 11.8 Å². The van der Waals surface area contributed by atoms with Crippen LogP contribution in [-0.2, 0) is 0 Å². The molecule has 0 aliphatic carbocycles. The van der Waals surface area contributed by atoms with Crippen molar-refractivity contribution in [3.8, 4) is 0 Å². The number of Topliss-reactive ketones (excluding diaryl/α,β-unsaturated/α-hetero) is 1. The molecule has 0 fully saturated rings. The van der Waals surface area contributed by atoms with E-state index in [0.717, 1.165) is 26.6 Å². The molecule has 0 atom stereocenters. The molecule has 0 aromatic heterocycles. The fraction of sp³-hybridized carbons (Fsp3) is 0.133. The van der Waals surface area contributed by atoms with Gasteiger partial charge in [0.1, 0.15) is 0 Å². The van der Waals surface area contributed by atoms with Crippen LogP contribution in [0.5, 0.6) is 0 Å². The molecule has 0 heterocycles. The number of rotatable bonds is 3. The molecule has 0 bridgehead atoms. The predicted octanol–water partition coefficient (Wildman–Crippen LogP) is 3.93. The smallest absolute Gasteiger partial charge is 0.160 e. The molecule has 2 aromatic rings. The van der Waals surface area contributed by atoms with Gasteiger partial charge in [0.25, 0.3) is 0 Å². The van der Waals surface area contributed by atoms with Gasteiger partial charge in [-0.3, -0.25) is 4.79 Å². The van der Waals surface area contributed by atoms with E-state index in [1.807, 2.05) is 49.4 Å². The highest BCUT2D eigenvalue weighted by atomic mass is 32.2. The minimum absolute atomic E-state index is 0.0830. The molecule has 92 valence electrons. The number of carbonyl (C=O) groups excluding carboxylic acids is 1. The third-order valence-electron chi connectivity index (χ3n) is 2.70. The summed E-state index contributed by atoms with van der Waals surface area (Å²) in [4.78, 5) is 13.6. The van der Waals surface area contributed by atoms with Crippen LogP contribution in [-0.4, -0.2) is 5.78 Å². The SMILES string of the molecule is CC(=O)c1ccccc1Sc1cc(N)ccc1C. The largest absolute Gasteiger partial charge is 0.399 e. The number of hydrogen-bond donors (Lipinski definition) is 1. The first-order valence-corrected chi connectivity index (χ1v) is 6.53. The molecule has 3 heteroatoms. The van der Waals surface area contributed by atoms with Crippen LogP contribution in [0.2, 0.25) is 0 Å². The molecule has 2 nitrogen and oxygen atoms in total. The van der Waals surface area contributed by atoms with Crippen molar-refractivity contribution < 1.29 is 4.79 Å². The highest BCUT2D eigenvalue weighted by molar-refractivity contribution is 7.99. The summed E-state index contributed by atoms with van der Waals surface area (Å²) in [5.74, 6) is 0.0830. The molecule has 0 spiro atoms. The zero-order chi connectivity index (χ0) is 13.1. The second-order valence-electron chi connectivity index (χ2n) is 4.18. The van der Waals surface area contributed by atoms with Gasteiger partial charge in [0, 0.05) is 21.0 Å². The van der Waals surface area contributed by atoms with Gasteiger partial charge >= 0.3 is 0 Å². The van der Waals surface area contributed by atoms with Crippen LogP contribution in [0.15, 0.2) is 52.3 Å². The molecule has 2 rings (SSSR count). The van der Waals surface area contributed by atoms with E-state index in [0.29, 0.717) is 0 Å². The van der Waals surface area contributed by atoms with Gasteiger partial charge in [-0.25, -0.2) is 0 Å². The minimum atomic E-state index is 0.0830. The van der Waals surface area contributed by atoms with Crippen molar-refractivity contribution in [1.82, 2.24) is 0 Å². The Morgan fingerprint density at radius 1 is 1.11 bits per heavy atom. The Bertz CT molecular complexity index is 593. The first kappa shape index (κ1) is 12.7. The molecule has 0 amide bonds. The second-order valence-corrected chi connectivity index (χ2v) is 5.26. The van der Waals surface area contributed by atoms with E-state index < -0.39 is 0 Å². The van der Waals surface area contributed by atoms with Gasteiger partial charge in [0.2, 0.25) is 0 Å². The lowest BCUT2D eigenvalue weighted by atomic mass is 10.1. The normalized spacial score (nSPS) is 10.3. The van der Waals surface area contributed by atoms with E-state index in [1.54, 1.807) is 18.7 Å². The van der Waals surface area contributed by atoms with Crippen LogP contribution in [0.1, 0.15) is 22.8 Å². The van der Waals surface area contributed by atoms with Gasteiger partial charge < -0.3 is 5.73 Å². The zero-order valence-electron chi connectivity index (χ0n) is 10.4. The van der Waals surface area contributed by atoms with Crippen LogP contribution in [0.25, 0.3) is 0 Å². The van der Waals surface area contributed by atoms with E-state index >= 15 is 0 Å². The number of carbonyl (C=O) groups is 1. The Hall–Kier alpha value is -1.74. The van der Waals surface area contributed by atoms with Gasteiger partial charge in [-0.15, -0.1) is 0 Å². The first-order chi connectivity index (χ1) is 8.58. The average Bonchev–Trinajstić information content (AvgIpc) is 2.34. The molecule has 0 saturated heterocycles. The van der Waals surface area contributed by atoms with Crippen molar-refractivity contribution in [3.05, 3.63) is 53.6 Å². The highest BCUT2D eigenvalue weighted by Crippen LogP contribution is 2.33. The predicted molar refractivity (Wildman–Crippen MR) is 76.2 cm³/mol. The first-order valence-electron chi connectivity index (χ1n) is 5.72. The second kappa shape index (κ2) is 5.27. The van der Waals surface area contributed by atoms with E-state index in [4.69, 9.17) is 5.73 Å². The van der Waals surface area contributed by atoms with Crippen LogP contribution in [0.4, 0.5) is 5.69 Å².